The minimum atomic E-state index is -0.713. The van der Waals surface area contributed by atoms with Crippen LogP contribution in [-0.2, 0) is 0 Å². The summed E-state index contributed by atoms with van der Waals surface area (Å²) in [6.07, 6.45) is 0. The lowest BCUT2D eigenvalue weighted by Crippen LogP contribution is -3.17. The molecule has 4 nitrogen and oxygen atoms in total. The first-order chi connectivity index (χ1) is 7.80. The summed E-state index contributed by atoms with van der Waals surface area (Å²) in [5.74, 6) is 0.278. The Morgan fingerprint density at radius 1 is 1.06 bits per heavy atom. The fraction of sp³-hybridized carbons (Fsp3) is 0.462. The molecule has 0 aromatic heterocycles. The maximum absolute atomic E-state index is 12.4. The van der Waals surface area contributed by atoms with Gasteiger partial charge in [0, 0.05) is 13.8 Å². The molecule has 1 N–H and O–H groups in total. The molecule has 1 unspecified atom stereocenters. The van der Waals surface area contributed by atoms with Gasteiger partial charge in [-0.3, -0.25) is 5.06 Å². The van der Waals surface area contributed by atoms with Crippen molar-refractivity contribution in [3.05, 3.63) is 46.3 Å². The van der Waals surface area contributed by atoms with Crippen molar-refractivity contribution in [2.45, 2.75) is 38.8 Å². The molecule has 0 saturated carbocycles. The molecule has 0 amide bonds. The van der Waals surface area contributed by atoms with Crippen molar-refractivity contribution < 1.29 is 9.80 Å². The second kappa shape index (κ2) is 3.55. The third-order valence-electron chi connectivity index (χ3n) is 4.07. The van der Waals surface area contributed by atoms with E-state index < -0.39 is 11.1 Å². The highest BCUT2D eigenvalue weighted by Gasteiger charge is 2.60. The smallest absolute Gasteiger partial charge is 0.381 e. The molecule has 0 bridgehead atoms. The summed E-state index contributed by atoms with van der Waals surface area (Å²) < 4.78 is 0.866. The molecule has 0 aliphatic carbocycles. The minimum absolute atomic E-state index is 0.0799. The van der Waals surface area contributed by atoms with E-state index in [4.69, 9.17) is 0 Å². The molecule has 0 spiro atoms. The van der Waals surface area contributed by atoms with Crippen LogP contribution in [0, 0.1) is 10.4 Å². The Bertz CT molecular complexity index is 464. The van der Waals surface area contributed by atoms with Crippen LogP contribution >= 0.6 is 0 Å². The number of rotatable bonds is 1. The summed E-state index contributed by atoms with van der Waals surface area (Å²) in [6.45, 7) is 7.29. The van der Waals surface area contributed by atoms with E-state index in [1.54, 1.807) is 12.1 Å². The van der Waals surface area contributed by atoms with Crippen LogP contribution in [0.5, 0.6) is 0 Å². The van der Waals surface area contributed by atoms with Crippen LogP contribution in [0.15, 0.2) is 30.3 Å². The number of nitrogens with zero attached hydrogens (tertiary/aromatic N) is 1. The number of benzene rings is 1. The van der Waals surface area contributed by atoms with Gasteiger partial charge in [0.2, 0.25) is 5.54 Å². The Kier molecular flexibility index (Phi) is 2.52. The lowest BCUT2D eigenvalue weighted by molar-refractivity contribution is -0.805. The second-order valence-corrected chi connectivity index (χ2v) is 5.52. The van der Waals surface area contributed by atoms with Crippen LogP contribution < -0.4 is 5.06 Å². The lowest BCUT2D eigenvalue weighted by Gasteiger charge is -2.34. The van der Waals surface area contributed by atoms with E-state index >= 15 is 0 Å². The maximum Gasteiger partial charge on any atom is 0.381 e. The largest absolute Gasteiger partial charge is 0.624 e. The lowest BCUT2D eigenvalue weighted by atomic mass is 9.84. The van der Waals surface area contributed by atoms with Gasteiger partial charge in [0.15, 0.2) is 5.54 Å². The van der Waals surface area contributed by atoms with E-state index in [0.717, 1.165) is 4.74 Å². The molecule has 1 aromatic rings. The zero-order valence-corrected chi connectivity index (χ0v) is 10.7. The molecule has 0 fully saturated rings. The van der Waals surface area contributed by atoms with Gasteiger partial charge in [-0.15, -0.1) is 4.74 Å². The number of hydrogen-bond acceptors (Lipinski definition) is 2. The molecule has 17 heavy (non-hydrogen) atoms. The summed E-state index contributed by atoms with van der Waals surface area (Å²) >= 11 is 0. The van der Waals surface area contributed by atoms with Crippen molar-refractivity contribution in [2.24, 2.45) is 0 Å². The number of quaternary nitrogens is 1. The molecule has 0 radical (unpaired) electrons. The number of nitrogens with one attached hydrogen (secondary N) is 1. The summed E-state index contributed by atoms with van der Waals surface area (Å²) in [5, 5.41) is 24.6. The van der Waals surface area contributed by atoms with Crippen molar-refractivity contribution in [3.8, 4) is 0 Å². The summed E-state index contributed by atoms with van der Waals surface area (Å²) in [4.78, 5) is 0. The van der Waals surface area contributed by atoms with Gasteiger partial charge < -0.3 is 10.4 Å². The molecule has 2 rings (SSSR count). The van der Waals surface area contributed by atoms with Crippen molar-refractivity contribution in [2.75, 3.05) is 0 Å². The standard InChI is InChI=1S/C13H18N2O2/c1-12(2)13(3,4)15(17)11(14(12)16)10-8-6-5-7-9-10/h5-9,14H,1-4H3. The Morgan fingerprint density at radius 2 is 1.59 bits per heavy atom. The minimum Gasteiger partial charge on any atom is -0.624 e. The molecule has 4 heteroatoms. The van der Waals surface area contributed by atoms with Crippen molar-refractivity contribution in [1.82, 2.24) is 0 Å². The fourth-order valence-electron chi connectivity index (χ4n) is 2.04. The van der Waals surface area contributed by atoms with Gasteiger partial charge in [-0.2, -0.15) is 0 Å². The number of hydrogen-bond donors (Lipinski definition) is 1. The van der Waals surface area contributed by atoms with Gasteiger partial charge in [0.05, 0.1) is 0 Å². The first-order valence-corrected chi connectivity index (χ1v) is 5.74. The Balaban J connectivity index is 2.59. The van der Waals surface area contributed by atoms with E-state index in [9.17, 15) is 10.4 Å². The zero-order valence-electron chi connectivity index (χ0n) is 10.7. The van der Waals surface area contributed by atoms with Crippen LogP contribution in [0.4, 0.5) is 0 Å². The highest BCUT2D eigenvalue weighted by Crippen LogP contribution is 2.26. The van der Waals surface area contributed by atoms with E-state index in [1.165, 1.54) is 0 Å². The predicted octanol–water partition coefficient (Wildman–Crippen LogP) is 0.897. The Labute approximate surface area is 101 Å². The predicted molar refractivity (Wildman–Crippen MR) is 66.7 cm³/mol. The number of amidine groups is 1. The van der Waals surface area contributed by atoms with Crippen molar-refractivity contribution >= 4 is 5.84 Å². The van der Waals surface area contributed by atoms with Crippen LogP contribution in [0.2, 0.25) is 0 Å². The molecule has 1 aliphatic heterocycles. The Morgan fingerprint density at radius 3 is 2.00 bits per heavy atom. The molecule has 1 atom stereocenters. The molecular formula is C13H18N2O2. The van der Waals surface area contributed by atoms with Gasteiger partial charge in [0.1, 0.15) is 5.56 Å². The van der Waals surface area contributed by atoms with Gasteiger partial charge >= 0.3 is 5.84 Å². The van der Waals surface area contributed by atoms with Gasteiger partial charge in [0.25, 0.3) is 0 Å². The monoisotopic (exact) mass is 234 g/mol. The summed E-state index contributed by atoms with van der Waals surface area (Å²) in [7, 11) is 0. The quantitative estimate of drug-likeness (QED) is 0.579. The average molecular weight is 234 g/mol. The first kappa shape index (κ1) is 12.1. The van der Waals surface area contributed by atoms with E-state index in [2.05, 4.69) is 0 Å². The summed E-state index contributed by atoms with van der Waals surface area (Å²) in [5.41, 5.74) is -0.680. The van der Waals surface area contributed by atoms with Gasteiger partial charge in [-0.25, -0.2) is 0 Å². The molecular weight excluding hydrogens is 216 g/mol. The molecule has 1 aromatic carbocycles. The fourth-order valence-corrected chi connectivity index (χ4v) is 2.04. The van der Waals surface area contributed by atoms with Crippen LogP contribution in [0.1, 0.15) is 33.3 Å². The van der Waals surface area contributed by atoms with Crippen LogP contribution in [0.3, 0.4) is 0 Å². The average Bonchev–Trinajstić information content (AvgIpc) is 2.40. The van der Waals surface area contributed by atoms with Gasteiger partial charge in [-0.05, 0) is 26.0 Å². The van der Waals surface area contributed by atoms with E-state index in [0.29, 0.717) is 5.56 Å². The molecule has 0 saturated heterocycles. The van der Waals surface area contributed by atoms with Crippen molar-refractivity contribution in [3.63, 3.8) is 0 Å². The molecule has 1 heterocycles. The highest BCUT2D eigenvalue weighted by atomic mass is 16.5. The van der Waals surface area contributed by atoms with Crippen LogP contribution in [-0.4, -0.2) is 21.7 Å². The number of hydroxylamine groups is 3. The van der Waals surface area contributed by atoms with Crippen molar-refractivity contribution in [1.29, 1.82) is 0 Å². The first-order valence-electron chi connectivity index (χ1n) is 5.74. The topological polar surface area (TPSA) is 53.6 Å². The van der Waals surface area contributed by atoms with E-state index in [1.807, 2.05) is 45.9 Å². The third kappa shape index (κ3) is 1.48. The third-order valence-corrected chi connectivity index (χ3v) is 4.07. The summed E-state index contributed by atoms with van der Waals surface area (Å²) in [6, 6.07) is 9.14. The van der Waals surface area contributed by atoms with Crippen LogP contribution in [0.25, 0.3) is 0 Å². The molecule has 92 valence electrons. The maximum atomic E-state index is 12.4. The normalized spacial score (nSPS) is 26.3. The van der Waals surface area contributed by atoms with Gasteiger partial charge in [-0.1, -0.05) is 18.2 Å². The SMILES string of the molecule is CC1(C)[N+]([O-])=C(c2ccccc2)[NH+]([O-])C1(C)C. The zero-order chi connectivity index (χ0) is 12.8. The second-order valence-electron chi connectivity index (χ2n) is 5.52. The van der Waals surface area contributed by atoms with E-state index in [-0.39, 0.29) is 10.9 Å². The molecule has 1 aliphatic rings. The Hall–Kier alpha value is -1.39. The highest BCUT2D eigenvalue weighted by molar-refractivity contribution is 5.89.